The van der Waals surface area contributed by atoms with Crippen molar-refractivity contribution >= 4 is 10.1 Å². The zero-order valence-electron chi connectivity index (χ0n) is 14.7. The average Bonchev–Trinajstić information content (AvgIpc) is 2.39. The monoisotopic (exact) mass is 360 g/mol. The normalized spacial score (nSPS) is 14.4. The Morgan fingerprint density at radius 2 is 1.27 bits per heavy atom. The van der Waals surface area contributed by atoms with E-state index >= 15 is 0 Å². The number of unbranched alkanes of at least 4 members (excludes halogenated alkanes) is 5. The van der Waals surface area contributed by atoms with Crippen molar-refractivity contribution in [2.75, 3.05) is 0 Å². The van der Waals surface area contributed by atoms with E-state index in [4.69, 9.17) is 0 Å². The van der Waals surface area contributed by atoms with Crippen LogP contribution in [0.2, 0.25) is 0 Å². The van der Waals surface area contributed by atoms with E-state index < -0.39 is 15.4 Å². The summed E-state index contributed by atoms with van der Waals surface area (Å²) in [7, 11) is -4.12. The van der Waals surface area contributed by atoms with E-state index in [1.54, 1.807) is 0 Å². The Labute approximate surface area is 180 Å². The molecule has 0 radical (unpaired) electrons. The average molecular weight is 361 g/mol. The van der Waals surface area contributed by atoms with Gasteiger partial charge < -0.3 is 9.66 Å². The topological polar surface area (TPSA) is 77.4 Å². The van der Waals surface area contributed by atoms with Gasteiger partial charge in [-0.2, -0.15) is 0 Å². The molecule has 0 amide bonds. The van der Waals surface area contributed by atoms with Crippen LogP contribution >= 0.6 is 0 Å². The van der Waals surface area contributed by atoms with Crippen molar-refractivity contribution < 1.29 is 69.5 Å². The Bertz CT molecular complexity index is 333. The zero-order chi connectivity index (χ0) is 16.1. The fourth-order valence-electron chi connectivity index (χ4n) is 2.69. The predicted octanol–water partition coefficient (Wildman–Crippen LogP) is 0.986. The summed E-state index contributed by atoms with van der Waals surface area (Å²) in [5.74, 6) is 0. The van der Waals surface area contributed by atoms with Crippen molar-refractivity contribution in [1.29, 1.82) is 0 Å². The molecule has 128 valence electrons. The van der Waals surface area contributed by atoms with Crippen LogP contribution in [-0.4, -0.2) is 29.4 Å². The standard InChI is InChI=1S/C16H34O4S.K/c1-3-11-15(17)13-9-7-5-6-8-10-14-16(12-4-2)21(18,19)20;/h15-17H,3-14H2,1-2H3,(H,18,19,20);/q;+1/p-1. The summed E-state index contributed by atoms with van der Waals surface area (Å²) in [5.41, 5.74) is 0. The molecule has 0 heterocycles. The van der Waals surface area contributed by atoms with Gasteiger partial charge in [-0.05, 0) is 25.7 Å². The van der Waals surface area contributed by atoms with Crippen molar-refractivity contribution in [2.24, 2.45) is 0 Å². The summed E-state index contributed by atoms with van der Waals surface area (Å²) < 4.78 is 33.2. The van der Waals surface area contributed by atoms with Gasteiger partial charge in [-0.25, -0.2) is 8.42 Å². The van der Waals surface area contributed by atoms with E-state index in [9.17, 15) is 18.1 Å². The first kappa shape index (κ1) is 25.7. The van der Waals surface area contributed by atoms with Gasteiger partial charge in [0.15, 0.2) is 0 Å². The van der Waals surface area contributed by atoms with Gasteiger partial charge >= 0.3 is 51.4 Å². The van der Waals surface area contributed by atoms with Gasteiger partial charge in [0.2, 0.25) is 0 Å². The SMILES string of the molecule is CCCC(O)CCCCCCCCC(CCC)S(=O)(=O)[O-].[K+]. The van der Waals surface area contributed by atoms with Crippen molar-refractivity contribution in [2.45, 2.75) is 102 Å². The summed E-state index contributed by atoms with van der Waals surface area (Å²) in [4.78, 5) is 0. The molecule has 0 aliphatic rings. The largest absolute Gasteiger partial charge is 1.00 e. The van der Waals surface area contributed by atoms with Crippen LogP contribution in [0.5, 0.6) is 0 Å². The van der Waals surface area contributed by atoms with Crippen LogP contribution in [0.1, 0.15) is 90.9 Å². The third-order valence-corrected chi connectivity index (χ3v) is 5.24. The molecule has 0 aliphatic heterocycles. The minimum absolute atomic E-state index is 0. The van der Waals surface area contributed by atoms with Crippen LogP contribution in [0.15, 0.2) is 0 Å². The van der Waals surface area contributed by atoms with Crippen LogP contribution in [-0.2, 0) is 10.1 Å². The van der Waals surface area contributed by atoms with Crippen LogP contribution in [0.3, 0.4) is 0 Å². The second-order valence-electron chi connectivity index (χ2n) is 6.04. The Balaban J connectivity index is 0. The van der Waals surface area contributed by atoms with Crippen LogP contribution < -0.4 is 51.4 Å². The number of rotatable bonds is 14. The molecular formula is C16H33KO4S. The van der Waals surface area contributed by atoms with Crippen molar-refractivity contribution in [3.63, 3.8) is 0 Å². The van der Waals surface area contributed by atoms with E-state index in [2.05, 4.69) is 6.92 Å². The zero-order valence-corrected chi connectivity index (χ0v) is 18.7. The van der Waals surface area contributed by atoms with E-state index in [0.717, 1.165) is 64.2 Å². The Kier molecular flexibility index (Phi) is 18.7. The van der Waals surface area contributed by atoms with E-state index in [1.165, 1.54) is 0 Å². The molecule has 0 aromatic carbocycles. The number of aliphatic hydroxyl groups is 1. The Morgan fingerprint density at radius 1 is 0.818 bits per heavy atom. The first-order valence-electron chi connectivity index (χ1n) is 8.54. The summed E-state index contributed by atoms with van der Waals surface area (Å²) in [6, 6.07) is 0. The van der Waals surface area contributed by atoms with Gasteiger partial charge in [-0.1, -0.05) is 65.2 Å². The third-order valence-electron chi connectivity index (χ3n) is 3.95. The molecule has 0 bridgehead atoms. The van der Waals surface area contributed by atoms with Gasteiger partial charge in [-0.15, -0.1) is 0 Å². The minimum Gasteiger partial charge on any atom is -0.748 e. The molecule has 0 saturated heterocycles. The molecule has 4 nitrogen and oxygen atoms in total. The molecule has 0 aromatic rings. The molecule has 0 saturated carbocycles. The summed E-state index contributed by atoms with van der Waals surface area (Å²) in [6.07, 6.45) is 10.6. The summed E-state index contributed by atoms with van der Waals surface area (Å²) >= 11 is 0. The molecule has 2 unspecified atom stereocenters. The molecule has 6 heteroatoms. The van der Waals surface area contributed by atoms with E-state index in [-0.39, 0.29) is 57.5 Å². The predicted molar refractivity (Wildman–Crippen MR) is 86.2 cm³/mol. The van der Waals surface area contributed by atoms with Crippen LogP contribution in [0, 0.1) is 0 Å². The molecule has 0 rings (SSSR count). The van der Waals surface area contributed by atoms with Gasteiger partial charge in [0.1, 0.15) is 0 Å². The smallest absolute Gasteiger partial charge is 0.748 e. The maximum atomic E-state index is 11.1. The van der Waals surface area contributed by atoms with E-state index in [0.29, 0.717) is 12.8 Å². The second-order valence-corrected chi connectivity index (χ2v) is 7.70. The number of hydrogen-bond donors (Lipinski definition) is 1. The maximum Gasteiger partial charge on any atom is 1.00 e. The van der Waals surface area contributed by atoms with Gasteiger partial charge in [-0.3, -0.25) is 0 Å². The quantitative estimate of drug-likeness (QED) is 0.285. The minimum atomic E-state index is -4.12. The molecule has 0 aliphatic carbocycles. The first-order chi connectivity index (χ1) is 9.91. The molecular weight excluding hydrogens is 327 g/mol. The molecule has 1 N–H and O–H groups in total. The third kappa shape index (κ3) is 15.1. The van der Waals surface area contributed by atoms with Gasteiger partial charge in [0, 0.05) is 5.25 Å². The van der Waals surface area contributed by atoms with Gasteiger partial charge in [0.25, 0.3) is 0 Å². The fourth-order valence-corrected chi connectivity index (χ4v) is 3.67. The first-order valence-corrected chi connectivity index (χ1v) is 10.0. The van der Waals surface area contributed by atoms with Crippen LogP contribution in [0.25, 0.3) is 0 Å². The van der Waals surface area contributed by atoms with Crippen LogP contribution in [0.4, 0.5) is 0 Å². The Hall–Kier alpha value is 1.51. The number of aliphatic hydroxyl groups excluding tert-OH is 1. The van der Waals surface area contributed by atoms with Crippen molar-refractivity contribution in [1.82, 2.24) is 0 Å². The maximum absolute atomic E-state index is 11.1. The molecule has 0 aromatic heterocycles. The number of hydrogen-bond acceptors (Lipinski definition) is 4. The van der Waals surface area contributed by atoms with Crippen molar-refractivity contribution in [3.8, 4) is 0 Å². The van der Waals surface area contributed by atoms with Gasteiger partial charge in [0.05, 0.1) is 16.2 Å². The molecule has 22 heavy (non-hydrogen) atoms. The molecule has 2 atom stereocenters. The fraction of sp³-hybridized carbons (Fsp3) is 1.00. The Morgan fingerprint density at radius 3 is 1.73 bits per heavy atom. The van der Waals surface area contributed by atoms with E-state index in [1.807, 2.05) is 6.92 Å². The second kappa shape index (κ2) is 16.0. The summed E-state index contributed by atoms with van der Waals surface area (Å²) in [5, 5.41) is 8.90. The molecule has 0 spiro atoms. The van der Waals surface area contributed by atoms with Crippen molar-refractivity contribution in [3.05, 3.63) is 0 Å². The summed E-state index contributed by atoms with van der Waals surface area (Å²) in [6.45, 7) is 3.99. The molecule has 0 fully saturated rings.